The van der Waals surface area contributed by atoms with E-state index < -0.39 is 4.92 Å². The first kappa shape index (κ1) is 15.3. The van der Waals surface area contributed by atoms with E-state index in [2.05, 4.69) is 5.32 Å². The highest BCUT2D eigenvalue weighted by molar-refractivity contribution is 5.95. The van der Waals surface area contributed by atoms with Crippen molar-refractivity contribution in [3.63, 3.8) is 0 Å². The first-order valence-corrected chi connectivity index (χ1v) is 4.79. The molecule has 0 aliphatic carbocycles. The van der Waals surface area contributed by atoms with Crippen LogP contribution in [0.25, 0.3) is 0 Å². The van der Waals surface area contributed by atoms with E-state index in [1.54, 1.807) is 6.92 Å². The van der Waals surface area contributed by atoms with Crippen LogP contribution in [0.5, 0.6) is 0 Å². The summed E-state index contributed by atoms with van der Waals surface area (Å²) in [4.78, 5) is 21.6. The maximum Gasteiger partial charge on any atom is 0.269 e. The third-order valence-corrected chi connectivity index (χ3v) is 2.10. The first-order chi connectivity index (χ1) is 7.56. The number of nitro groups is 1. The lowest BCUT2D eigenvalue weighted by molar-refractivity contribution is -0.384. The number of carbonyl (C=O) groups is 1. The van der Waals surface area contributed by atoms with E-state index in [1.165, 1.54) is 18.2 Å². The highest BCUT2D eigenvalue weighted by Gasteiger charge is 2.12. The molecule has 3 N–H and O–H groups in total. The number of hydrogen-bond donors (Lipinski definition) is 2. The Morgan fingerprint density at radius 1 is 1.53 bits per heavy atom. The summed E-state index contributed by atoms with van der Waals surface area (Å²) in [5.74, 6) is -0.266. The predicted molar refractivity (Wildman–Crippen MR) is 66.5 cm³/mol. The molecular formula is C10H14ClN3O3. The van der Waals surface area contributed by atoms with Gasteiger partial charge in [0.1, 0.15) is 0 Å². The second kappa shape index (κ2) is 6.82. The molecule has 0 aromatic heterocycles. The van der Waals surface area contributed by atoms with Crippen molar-refractivity contribution in [2.75, 3.05) is 13.1 Å². The molecule has 1 amide bonds. The molecule has 0 heterocycles. The van der Waals surface area contributed by atoms with Gasteiger partial charge in [0.05, 0.1) is 4.92 Å². The third kappa shape index (κ3) is 4.01. The van der Waals surface area contributed by atoms with Crippen molar-refractivity contribution in [1.82, 2.24) is 5.32 Å². The van der Waals surface area contributed by atoms with Crippen LogP contribution in [-0.4, -0.2) is 23.9 Å². The Balaban J connectivity index is 0.00000256. The molecule has 0 saturated heterocycles. The Morgan fingerprint density at radius 3 is 2.65 bits per heavy atom. The number of non-ortho nitro benzene ring substituents is 1. The summed E-state index contributed by atoms with van der Waals surface area (Å²) in [5, 5.41) is 13.1. The van der Waals surface area contributed by atoms with E-state index in [0.29, 0.717) is 24.2 Å². The van der Waals surface area contributed by atoms with E-state index in [4.69, 9.17) is 5.73 Å². The number of aryl methyl sites for hydroxylation is 1. The number of halogens is 1. The lowest BCUT2D eigenvalue weighted by Gasteiger charge is -2.06. The number of nitrogens with two attached hydrogens (primary N) is 1. The average molecular weight is 260 g/mol. The number of carbonyl (C=O) groups excluding carboxylic acids is 1. The SMILES string of the molecule is Cc1cc([N+](=O)[O-])ccc1C(=O)NCCN.Cl. The molecule has 1 rings (SSSR count). The molecule has 17 heavy (non-hydrogen) atoms. The summed E-state index contributed by atoms with van der Waals surface area (Å²) in [6, 6.07) is 4.13. The lowest BCUT2D eigenvalue weighted by Crippen LogP contribution is -2.29. The molecule has 0 atom stereocenters. The summed E-state index contributed by atoms with van der Waals surface area (Å²) in [7, 11) is 0. The lowest BCUT2D eigenvalue weighted by atomic mass is 10.1. The summed E-state index contributed by atoms with van der Waals surface area (Å²) in [6.07, 6.45) is 0. The first-order valence-electron chi connectivity index (χ1n) is 4.79. The number of nitrogens with zero attached hydrogens (tertiary/aromatic N) is 1. The van der Waals surface area contributed by atoms with Crippen LogP contribution < -0.4 is 11.1 Å². The molecule has 6 nitrogen and oxygen atoms in total. The van der Waals surface area contributed by atoms with E-state index in [1.807, 2.05) is 0 Å². The van der Waals surface area contributed by atoms with Crippen LogP contribution in [0.4, 0.5) is 5.69 Å². The van der Waals surface area contributed by atoms with Gasteiger partial charge in [0.25, 0.3) is 11.6 Å². The van der Waals surface area contributed by atoms with Gasteiger partial charge in [0, 0.05) is 30.8 Å². The number of benzene rings is 1. The maximum absolute atomic E-state index is 11.6. The van der Waals surface area contributed by atoms with E-state index in [0.717, 1.165) is 0 Å². The number of nitro benzene ring substituents is 1. The predicted octanol–water partition coefficient (Wildman–Crippen LogP) is 1.01. The summed E-state index contributed by atoms with van der Waals surface area (Å²) in [5.41, 5.74) is 6.23. The highest BCUT2D eigenvalue weighted by Crippen LogP contribution is 2.16. The zero-order valence-corrected chi connectivity index (χ0v) is 10.1. The van der Waals surface area contributed by atoms with Crippen LogP contribution in [0.3, 0.4) is 0 Å². The topological polar surface area (TPSA) is 98.3 Å². The van der Waals surface area contributed by atoms with Crippen LogP contribution in [0.1, 0.15) is 15.9 Å². The van der Waals surface area contributed by atoms with E-state index in [9.17, 15) is 14.9 Å². The van der Waals surface area contributed by atoms with Gasteiger partial charge in [0.2, 0.25) is 0 Å². The highest BCUT2D eigenvalue weighted by atomic mass is 35.5. The molecule has 0 aliphatic heterocycles. The Morgan fingerprint density at radius 2 is 2.18 bits per heavy atom. The van der Waals surface area contributed by atoms with Crippen molar-refractivity contribution in [2.24, 2.45) is 5.73 Å². The second-order valence-electron chi connectivity index (χ2n) is 3.30. The molecule has 0 aliphatic rings. The zero-order chi connectivity index (χ0) is 12.1. The van der Waals surface area contributed by atoms with Crippen LogP contribution in [-0.2, 0) is 0 Å². The van der Waals surface area contributed by atoms with Crippen molar-refractivity contribution >= 4 is 24.0 Å². The van der Waals surface area contributed by atoms with Crippen LogP contribution in [0, 0.1) is 17.0 Å². The van der Waals surface area contributed by atoms with Crippen LogP contribution in [0.15, 0.2) is 18.2 Å². The molecular weight excluding hydrogens is 246 g/mol. The molecule has 0 saturated carbocycles. The van der Waals surface area contributed by atoms with Gasteiger partial charge >= 0.3 is 0 Å². The number of amides is 1. The van der Waals surface area contributed by atoms with Gasteiger partial charge < -0.3 is 11.1 Å². The fourth-order valence-corrected chi connectivity index (χ4v) is 1.30. The Kier molecular flexibility index (Phi) is 6.16. The quantitative estimate of drug-likeness (QED) is 0.623. The van der Waals surface area contributed by atoms with Crippen molar-refractivity contribution < 1.29 is 9.72 Å². The van der Waals surface area contributed by atoms with Gasteiger partial charge in [0.15, 0.2) is 0 Å². The molecule has 1 aromatic rings. The van der Waals surface area contributed by atoms with Gasteiger partial charge in [-0.2, -0.15) is 0 Å². The molecule has 0 unspecified atom stereocenters. The van der Waals surface area contributed by atoms with Gasteiger partial charge in [-0.3, -0.25) is 14.9 Å². The minimum atomic E-state index is -0.492. The number of hydrogen-bond acceptors (Lipinski definition) is 4. The molecule has 1 aromatic carbocycles. The standard InChI is InChI=1S/C10H13N3O3.ClH/c1-7-6-8(13(15)16)2-3-9(7)10(14)12-5-4-11;/h2-3,6H,4-5,11H2,1H3,(H,12,14);1H. The molecule has 94 valence electrons. The van der Waals surface area contributed by atoms with Crippen molar-refractivity contribution in [3.05, 3.63) is 39.4 Å². The minimum Gasteiger partial charge on any atom is -0.351 e. The fraction of sp³-hybridized carbons (Fsp3) is 0.300. The van der Waals surface area contributed by atoms with Crippen LogP contribution >= 0.6 is 12.4 Å². The largest absolute Gasteiger partial charge is 0.351 e. The number of nitrogens with one attached hydrogen (secondary N) is 1. The van der Waals surface area contributed by atoms with Crippen molar-refractivity contribution in [2.45, 2.75) is 6.92 Å². The summed E-state index contributed by atoms with van der Waals surface area (Å²) < 4.78 is 0. The fourth-order valence-electron chi connectivity index (χ4n) is 1.30. The van der Waals surface area contributed by atoms with Gasteiger partial charge in [-0.25, -0.2) is 0 Å². The zero-order valence-electron chi connectivity index (χ0n) is 9.30. The van der Waals surface area contributed by atoms with E-state index >= 15 is 0 Å². The normalized spacial score (nSPS) is 9.29. The van der Waals surface area contributed by atoms with Gasteiger partial charge in [-0.1, -0.05) is 0 Å². The Labute approximate surface area is 105 Å². The molecule has 7 heteroatoms. The molecule has 0 spiro atoms. The molecule has 0 bridgehead atoms. The minimum absolute atomic E-state index is 0. The van der Waals surface area contributed by atoms with Gasteiger partial charge in [-0.15, -0.1) is 12.4 Å². The monoisotopic (exact) mass is 259 g/mol. The van der Waals surface area contributed by atoms with Crippen molar-refractivity contribution in [1.29, 1.82) is 0 Å². The molecule has 0 fully saturated rings. The maximum atomic E-state index is 11.6. The van der Waals surface area contributed by atoms with Crippen LogP contribution in [0.2, 0.25) is 0 Å². The smallest absolute Gasteiger partial charge is 0.269 e. The van der Waals surface area contributed by atoms with Crippen molar-refractivity contribution in [3.8, 4) is 0 Å². The second-order valence-corrected chi connectivity index (χ2v) is 3.30. The molecule has 0 radical (unpaired) electrons. The average Bonchev–Trinajstić information content (AvgIpc) is 2.25. The summed E-state index contributed by atoms with van der Waals surface area (Å²) in [6.45, 7) is 2.40. The summed E-state index contributed by atoms with van der Waals surface area (Å²) >= 11 is 0. The third-order valence-electron chi connectivity index (χ3n) is 2.10. The van der Waals surface area contributed by atoms with E-state index in [-0.39, 0.29) is 24.0 Å². The Hall–Kier alpha value is -1.66. The Bertz CT molecular complexity index is 423. The number of rotatable bonds is 4. The van der Waals surface area contributed by atoms with Gasteiger partial charge in [-0.05, 0) is 18.6 Å².